The molecular weight excluding hydrogens is 460 g/mol. The van der Waals surface area contributed by atoms with Crippen molar-refractivity contribution in [2.45, 2.75) is 83.2 Å². The number of esters is 1. The van der Waals surface area contributed by atoms with Gasteiger partial charge in [0.1, 0.15) is 6.04 Å². The van der Waals surface area contributed by atoms with Gasteiger partial charge in [-0.3, -0.25) is 14.4 Å². The molecule has 1 aromatic rings. The van der Waals surface area contributed by atoms with Crippen LogP contribution in [0.1, 0.15) is 85.7 Å². The van der Waals surface area contributed by atoms with Crippen molar-refractivity contribution in [2.24, 2.45) is 5.73 Å². The van der Waals surface area contributed by atoms with Crippen LogP contribution in [0.3, 0.4) is 0 Å². The number of carbonyl (C=O) groups excluding carboxylic acids is 3. The minimum atomic E-state index is -0.809. The van der Waals surface area contributed by atoms with Gasteiger partial charge in [0, 0.05) is 23.9 Å². The lowest BCUT2D eigenvalue weighted by atomic mass is 9.98. The summed E-state index contributed by atoms with van der Waals surface area (Å²) in [6, 6.07) is 4.99. The fourth-order valence-corrected chi connectivity index (χ4v) is 4.58. The van der Waals surface area contributed by atoms with E-state index in [9.17, 15) is 14.4 Å². The Hall–Kier alpha value is -1.89. The molecule has 0 saturated heterocycles. The van der Waals surface area contributed by atoms with Crippen molar-refractivity contribution in [1.29, 1.82) is 0 Å². The van der Waals surface area contributed by atoms with Crippen LogP contribution in [0.15, 0.2) is 18.2 Å². The number of carbonyl (C=O) groups is 3. The summed E-state index contributed by atoms with van der Waals surface area (Å²) in [5.74, 6) is -1.20. The number of primary amides is 1. The number of rotatable bonds is 15. The minimum Gasteiger partial charge on any atom is -0.469 e. The van der Waals surface area contributed by atoms with Crippen LogP contribution in [0.5, 0.6) is 0 Å². The Morgan fingerprint density at radius 1 is 1.10 bits per heavy atom. The number of fused-ring (bicyclic) bond motifs is 1. The predicted octanol–water partition coefficient (Wildman–Crippen LogP) is 4.51. The predicted molar refractivity (Wildman–Crippen MR) is 125 cm³/mol. The maximum absolute atomic E-state index is 12.9. The number of nitrogens with zero attached hydrogens (tertiary/aromatic N) is 1. The molecule has 6 nitrogen and oxygen atoms in total. The number of unbranched alkanes of at least 4 members (excludes halogenated alkanes) is 7. The first-order valence-electron chi connectivity index (χ1n) is 11.3. The number of methoxy groups -OCH3 is 1. The molecule has 1 heterocycles. The molecule has 0 bridgehead atoms. The highest BCUT2D eigenvalue weighted by Gasteiger charge is 2.36. The van der Waals surface area contributed by atoms with Gasteiger partial charge in [-0.25, -0.2) is 0 Å². The number of hydrogen-bond donors (Lipinski definition) is 1. The Morgan fingerprint density at radius 3 is 2.35 bits per heavy atom. The van der Waals surface area contributed by atoms with E-state index in [0.29, 0.717) is 12.1 Å². The second-order valence-electron chi connectivity index (χ2n) is 8.18. The summed E-state index contributed by atoms with van der Waals surface area (Å²) < 4.78 is 4.65. The lowest BCUT2D eigenvalue weighted by molar-refractivity contribution is -0.141. The van der Waals surface area contributed by atoms with Crippen molar-refractivity contribution in [3.8, 4) is 0 Å². The van der Waals surface area contributed by atoms with Gasteiger partial charge in [-0.1, -0.05) is 66.6 Å². The fraction of sp³-hybridized carbons (Fsp3) is 0.625. The van der Waals surface area contributed by atoms with Crippen molar-refractivity contribution in [3.63, 3.8) is 0 Å². The molecule has 2 amide bonds. The topological polar surface area (TPSA) is 89.7 Å². The molecule has 0 radical (unpaired) electrons. The molecule has 1 atom stereocenters. The first-order valence-corrected chi connectivity index (χ1v) is 12.5. The van der Waals surface area contributed by atoms with Gasteiger partial charge in [0.25, 0.3) is 5.91 Å². The first kappa shape index (κ1) is 25.4. The minimum absolute atomic E-state index is 0.0488. The Kier molecular flexibility index (Phi) is 11.1. The summed E-state index contributed by atoms with van der Waals surface area (Å²) in [6.07, 6.45) is 11.1. The summed E-state index contributed by atoms with van der Waals surface area (Å²) in [4.78, 5) is 37.9. The summed E-state index contributed by atoms with van der Waals surface area (Å²) in [7, 11) is 1.30. The summed E-state index contributed by atoms with van der Waals surface area (Å²) >= 11 is 3.47. The average molecular weight is 495 g/mol. The molecule has 0 fully saturated rings. The van der Waals surface area contributed by atoms with Crippen molar-refractivity contribution < 1.29 is 19.1 Å². The second kappa shape index (κ2) is 13.5. The van der Waals surface area contributed by atoms with Crippen LogP contribution < -0.4 is 5.73 Å². The van der Waals surface area contributed by atoms with Gasteiger partial charge in [0.15, 0.2) is 0 Å². The van der Waals surface area contributed by atoms with Gasteiger partial charge >= 0.3 is 5.97 Å². The van der Waals surface area contributed by atoms with Gasteiger partial charge in [-0.15, -0.1) is 0 Å². The highest BCUT2D eigenvalue weighted by molar-refractivity contribution is 9.09. The van der Waals surface area contributed by atoms with Crippen molar-refractivity contribution in [2.75, 3.05) is 12.4 Å². The zero-order valence-corrected chi connectivity index (χ0v) is 20.1. The van der Waals surface area contributed by atoms with Gasteiger partial charge in [-0.2, -0.15) is 0 Å². The summed E-state index contributed by atoms with van der Waals surface area (Å²) in [5, 5.41) is 1.10. The fourth-order valence-electron chi connectivity index (χ4n) is 4.18. The Labute approximate surface area is 194 Å². The molecule has 172 valence electrons. The van der Waals surface area contributed by atoms with Crippen LogP contribution in [0, 0.1) is 0 Å². The van der Waals surface area contributed by atoms with E-state index in [-0.39, 0.29) is 18.7 Å². The van der Waals surface area contributed by atoms with Crippen molar-refractivity contribution in [1.82, 2.24) is 4.90 Å². The van der Waals surface area contributed by atoms with Gasteiger partial charge in [-0.05, 0) is 42.9 Å². The number of alkyl halides is 1. The normalized spacial score (nSPS) is 13.9. The number of hydrogen-bond acceptors (Lipinski definition) is 4. The van der Waals surface area contributed by atoms with E-state index in [1.807, 2.05) is 12.1 Å². The zero-order chi connectivity index (χ0) is 22.6. The molecule has 0 aliphatic carbocycles. The molecule has 2 N–H and O–H groups in total. The molecule has 0 spiro atoms. The number of aryl methyl sites for hydroxylation is 1. The van der Waals surface area contributed by atoms with Gasteiger partial charge in [0.05, 0.1) is 7.11 Å². The standard InChI is InChI=1S/C24H35BrN2O4/c1-31-22(28)15-14-21(23(26)29)27-17-20-18(12-10-13-19(20)24(27)30)11-8-6-4-2-3-5-7-9-16-25/h10,12-13,21H,2-9,11,14-17H2,1H3,(H2,26,29)/t21-/m0/s1. The quantitative estimate of drug-likeness (QED) is 0.220. The molecule has 0 saturated carbocycles. The monoisotopic (exact) mass is 494 g/mol. The third-order valence-corrected chi connectivity index (χ3v) is 6.54. The molecule has 7 heteroatoms. The molecule has 0 aromatic heterocycles. The Bertz CT molecular complexity index is 753. The number of halogens is 1. The molecular formula is C24H35BrN2O4. The summed E-state index contributed by atoms with van der Waals surface area (Å²) in [6.45, 7) is 0.368. The van der Waals surface area contributed by atoms with Crippen LogP contribution >= 0.6 is 15.9 Å². The van der Waals surface area contributed by atoms with Crippen molar-refractivity contribution >= 4 is 33.7 Å². The summed E-state index contributed by atoms with van der Waals surface area (Å²) in [5.41, 5.74) is 8.36. The molecule has 1 aliphatic heterocycles. The number of ether oxygens (including phenoxy) is 1. The van der Waals surface area contributed by atoms with E-state index in [2.05, 4.69) is 26.7 Å². The van der Waals surface area contributed by atoms with Gasteiger partial charge in [0.2, 0.25) is 5.91 Å². The second-order valence-corrected chi connectivity index (χ2v) is 8.97. The first-order chi connectivity index (χ1) is 15.0. The van der Waals surface area contributed by atoms with Gasteiger partial charge < -0.3 is 15.4 Å². The third kappa shape index (κ3) is 7.63. The van der Waals surface area contributed by atoms with Crippen LogP contribution in [0.4, 0.5) is 0 Å². The molecule has 31 heavy (non-hydrogen) atoms. The molecule has 1 aromatic carbocycles. The lowest BCUT2D eigenvalue weighted by Crippen LogP contribution is -2.45. The maximum Gasteiger partial charge on any atom is 0.305 e. The number of benzene rings is 1. The van der Waals surface area contributed by atoms with E-state index in [1.165, 1.54) is 62.5 Å². The van der Waals surface area contributed by atoms with Crippen LogP contribution in [0.25, 0.3) is 0 Å². The largest absolute Gasteiger partial charge is 0.469 e. The van der Waals surface area contributed by atoms with E-state index >= 15 is 0 Å². The number of nitrogens with two attached hydrogens (primary N) is 1. The van der Waals surface area contributed by atoms with E-state index in [0.717, 1.165) is 23.7 Å². The maximum atomic E-state index is 12.9. The lowest BCUT2D eigenvalue weighted by Gasteiger charge is -2.24. The van der Waals surface area contributed by atoms with E-state index in [1.54, 1.807) is 0 Å². The highest BCUT2D eigenvalue weighted by atomic mass is 79.9. The Morgan fingerprint density at radius 2 is 1.74 bits per heavy atom. The Balaban J connectivity index is 1.89. The average Bonchev–Trinajstić information content (AvgIpc) is 3.09. The molecule has 2 rings (SSSR count). The van der Waals surface area contributed by atoms with Crippen molar-refractivity contribution in [3.05, 3.63) is 34.9 Å². The number of amides is 2. The highest BCUT2D eigenvalue weighted by Crippen LogP contribution is 2.30. The molecule has 0 unspecified atom stereocenters. The van der Waals surface area contributed by atoms with Crippen LogP contribution in [0.2, 0.25) is 0 Å². The third-order valence-electron chi connectivity index (χ3n) is 5.98. The molecule has 1 aliphatic rings. The SMILES string of the molecule is COC(=O)CC[C@@H](C(N)=O)N1Cc2c(CCCCCCCCCCBr)cccc2C1=O. The van der Waals surface area contributed by atoms with E-state index in [4.69, 9.17) is 5.73 Å². The smallest absolute Gasteiger partial charge is 0.305 e. The van der Waals surface area contributed by atoms with Crippen LogP contribution in [-0.2, 0) is 27.3 Å². The van der Waals surface area contributed by atoms with Crippen LogP contribution in [-0.4, -0.2) is 41.2 Å². The van der Waals surface area contributed by atoms with E-state index < -0.39 is 17.9 Å². The zero-order valence-electron chi connectivity index (χ0n) is 18.5.